The van der Waals surface area contributed by atoms with Crippen LogP contribution in [0.5, 0.6) is 11.5 Å². The average molecular weight is 516 g/mol. The third kappa shape index (κ3) is 6.07. The van der Waals surface area contributed by atoms with Crippen molar-refractivity contribution in [3.63, 3.8) is 0 Å². The first-order valence-corrected chi connectivity index (χ1v) is 11.8. The summed E-state index contributed by atoms with van der Waals surface area (Å²) in [6.45, 7) is 3.57. The lowest BCUT2D eigenvalue weighted by molar-refractivity contribution is -0.127. The van der Waals surface area contributed by atoms with Gasteiger partial charge in [0.05, 0.1) is 12.8 Å². The number of ether oxygens (including phenoxy) is 2. The molecular weight excluding hydrogens is 489 g/mol. The van der Waals surface area contributed by atoms with E-state index in [2.05, 4.69) is 17.2 Å². The molecule has 38 heavy (non-hydrogen) atoms. The van der Waals surface area contributed by atoms with Crippen LogP contribution < -0.4 is 20.1 Å². The Morgan fingerprint density at radius 1 is 1.11 bits per heavy atom. The van der Waals surface area contributed by atoms with Crippen LogP contribution in [0.1, 0.15) is 16.7 Å². The molecule has 194 valence electrons. The molecule has 1 heterocycles. The highest BCUT2D eigenvalue weighted by Crippen LogP contribution is 2.35. The lowest BCUT2D eigenvalue weighted by atomic mass is 10.0. The van der Waals surface area contributed by atoms with Gasteiger partial charge in [-0.2, -0.15) is 0 Å². The van der Waals surface area contributed by atoms with Gasteiger partial charge in [-0.05, 0) is 47.9 Å². The number of anilines is 1. The molecule has 0 aromatic heterocycles. The van der Waals surface area contributed by atoms with Gasteiger partial charge in [-0.15, -0.1) is 6.58 Å². The van der Waals surface area contributed by atoms with Crippen LogP contribution >= 0.6 is 0 Å². The van der Waals surface area contributed by atoms with Crippen LogP contribution in [0.3, 0.4) is 0 Å². The number of benzene rings is 3. The molecule has 4 rings (SSSR count). The van der Waals surface area contributed by atoms with E-state index in [0.717, 1.165) is 16.0 Å². The minimum atomic E-state index is -0.758. The predicted molar refractivity (Wildman–Crippen MR) is 141 cm³/mol. The second-order valence-electron chi connectivity index (χ2n) is 8.39. The van der Waals surface area contributed by atoms with Gasteiger partial charge < -0.3 is 20.1 Å². The van der Waals surface area contributed by atoms with Crippen molar-refractivity contribution in [3.8, 4) is 11.5 Å². The maximum atomic E-state index is 13.8. The number of para-hydroxylation sites is 1. The Morgan fingerprint density at radius 3 is 2.55 bits per heavy atom. The van der Waals surface area contributed by atoms with Gasteiger partial charge >= 0.3 is 6.03 Å². The minimum Gasteiger partial charge on any atom is -0.493 e. The van der Waals surface area contributed by atoms with E-state index in [0.29, 0.717) is 30.1 Å². The van der Waals surface area contributed by atoms with E-state index in [1.807, 2.05) is 36.4 Å². The van der Waals surface area contributed by atoms with Gasteiger partial charge in [0, 0.05) is 5.56 Å². The summed E-state index contributed by atoms with van der Waals surface area (Å²) >= 11 is 0. The summed E-state index contributed by atoms with van der Waals surface area (Å²) in [5.74, 6) is -1.03. The Kier molecular flexibility index (Phi) is 8.17. The van der Waals surface area contributed by atoms with Crippen molar-refractivity contribution in [2.75, 3.05) is 19.0 Å². The minimum absolute atomic E-state index is 0.0155. The number of amides is 4. The molecule has 3 aromatic carbocycles. The zero-order valence-electron chi connectivity index (χ0n) is 20.7. The molecule has 1 aliphatic heterocycles. The molecule has 3 aromatic rings. The highest BCUT2D eigenvalue weighted by atomic mass is 19.1. The first kappa shape index (κ1) is 26.2. The summed E-state index contributed by atoms with van der Waals surface area (Å²) in [4.78, 5) is 38.5. The fraction of sp³-hybridized carbons (Fsp3) is 0.138. The van der Waals surface area contributed by atoms with E-state index in [1.165, 1.54) is 31.4 Å². The number of hydrogen-bond acceptors (Lipinski definition) is 5. The van der Waals surface area contributed by atoms with Crippen molar-refractivity contribution in [2.45, 2.75) is 13.0 Å². The molecule has 0 unspecified atom stereocenters. The van der Waals surface area contributed by atoms with E-state index in [1.54, 1.807) is 18.2 Å². The maximum Gasteiger partial charge on any atom is 0.329 e. The smallest absolute Gasteiger partial charge is 0.329 e. The number of nitrogens with one attached hydrogen (secondary N) is 2. The number of nitrogens with zero attached hydrogens (tertiary/aromatic N) is 1. The van der Waals surface area contributed by atoms with Crippen molar-refractivity contribution in [2.24, 2.45) is 0 Å². The number of allylic oxidation sites excluding steroid dienone is 1. The fourth-order valence-electron chi connectivity index (χ4n) is 3.90. The average Bonchev–Trinajstić information content (AvgIpc) is 3.17. The third-order valence-electron chi connectivity index (χ3n) is 5.69. The maximum absolute atomic E-state index is 13.8. The number of hydrogen-bond donors (Lipinski definition) is 2. The van der Waals surface area contributed by atoms with E-state index in [4.69, 9.17) is 9.47 Å². The molecule has 8 nitrogen and oxygen atoms in total. The molecule has 0 spiro atoms. The van der Waals surface area contributed by atoms with Crippen molar-refractivity contribution in [1.82, 2.24) is 10.2 Å². The molecule has 4 amide bonds. The molecule has 2 N–H and O–H groups in total. The molecule has 0 saturated carbocycles. The van der Waals surface area contributed by atoms with Gasteiger partial charge in [-0.25, -0.2) is 14.1 Å². The summed E-state index contributed by atoms with van der Waals surface area (Å²) in [7, 11) is 1.51. The Morgan fingerprint density at radius 2 is 1.84 bits per heavy atom. The quantitative estimate of drug-likeness (QED) is 0.232. The molecule has 1 aliphatic rings. The largest absolute Gasteiger partial charge is 0.493 e. The Labute approximate surface area is 219 Å². The van der Waals surface area contributed by atoms with Crippen LogP contribution in [0, 0.1) is 5.82 Å². The van der Waals surface area contributed by atoms with Crippen LogP contribution in [-0.2, 0) is 22.6 Å². The molecular formula is C29H26FN3O5. The van der Waals surface area contributed by atoms with Crippen LogP contribution in [0.4, 0.5) is 14.9 Å². The van der Waals surface area contributed by atoms with Crippen molar-refractivity contribution < 1.29 is 28.2 Å². The summed E-state index contributed by atoms with van der Waals surface area (Å²) in [5.41, 5.74) is 2.28. The van der Waals surface area contributed by atoms with Gasteiger partial charge in [0.15, 0.2) is 11.5 Å². The molecule has 0 aliphatic carbocycles. The number of halogens is 1. The number of imide groups is 1. The van der Waals surface area contributed by atoms with E-state index in [-0.39, 0.29) is 11.4 Å². The summed E-state index contributed by atoms with van der Waals surface area (Å²) in [6, 6.07) is 18.0. The fourth-order valence-corrected chi connectivity index (χ4v) is 3.90. The number of carbonyl (C=O) groups excluding carboxylic acids is 3. The van der Waals surface area contributed by atoms with Gasteiger partial charge in [0.25, 0.3) is 5.91 Å². The number of urea groups is 1. The van der Waals surface area contributed by atoms with Crippen molar-refractivity contribution >= 4 is 29.6 Å². The van der Waals surface area contributed by atoms with E-state index >= 15 is 0 Å². The second kappa shape index (κ2) is 11.9. The molecule has 0 radical (unpaired) electrons. The number of carbonyl (C=O) groups is 3. The van der Waals surface area contributed by atoms with Crippen molar-refractivity contribution in [1.29, 1.82) is 0 Å². The molecule has 1 fully saturated rings. The molecule has 9 heteroatoms. The number of methoxy groups -OCH3 is 1. The predicted octanol–water partition coefficient (Wildman–Crippen LogP) is 4.67. The molecule has 0 atom stereocenters. The van der Waals surface area contributed by atoms with Crippen molar-refractivity contribution in [3.05, 3.63) is 108 Å². The first-order chi connectivity index (χ1) is 18.4. The van der Waals surface area contributed by atoms with Crippen LogP contribution in [0.2, 0.25) is 0 Å². The lowest BCUT2D eigenvalue weighted by Gasteiger charge is -2.16. The van der Waals surface area contributed by atoms with Crippen LogP contribution in [0.15, 0.2) is 85.1 Å². The summed E-state index contributed by atoms with van der Waals surface area (Å²) < 4.78 is 25.5. The molecule has 1 saturated heterocycles. The van der Waals surface area contributed by atoms with Gasteiger partial charge in [0.2, 0.25) is 5.91 Å². The van der Waals surface area contributed by atoms with Gasteiger partial charge in [-0.3, -0.25) is 9.59 Å². The third-order valence-corrected chi connectivity index (χ3v) is 5.69. The monoisotopic (exact) mass is 515 g/mol. The van der Waals surface area contributed by atoms with E-state index < -0.39 is 30.2 Å². The Hall–Kier alpha value is -4.92. The van der Waals surface area contributed by atoms with Gasteiger partial charge in [0.1, 0.15) is 24.7 Å². The second-order valence-corrected chi connectivity index (χ2v) is 8.39. The summed E-state index contributed by atoms with van der Waals surface area (Å²) in [5, 5.41) is 4.85. The summed E-state index contributed by atoms with van der Waals surface area (Å²) in [6.07, 6.45) is 3.69. The molecule has 0 bridgehead atoms. The Bertz CT molecular complexity index is 1400. The first-order valence-electron chi connectivity index (χ1n) is 11.8. The van der Waals surface area contributed by atoms with Gasteiger partial charge in [-0.1, -0.05) is 48.5 Å². The number of rotatable bonds is 10. The zero-order chi connectivity index (χ0) is 27.1. The van der Waals surface area contributed by atoms with Crippen LogP contribution in [0.25, 0.3) is 6.08 Å². The highest BCUT2D eigenvalue weighted by molar-refractivity contribution is 6.16. The van der Waals surface area contributed by atoms with E-state index in [9.17, 15) is 18.8 Å². The SMILES string of the molecule is C=CCc1cc(/C=C2/NC(=O)N(CC(=O)Nc3ccccc3F)C2=O)cc(OC)c1OCc1ccccc1. The Balaban J connectivity index is 1.53. The van der Waals surface area contributed by atoms with Crippen LogP contribution in [-0.4, -0.2) is 36.4 Å². The normalized spacial score (nSPS) is 13.8. The standard InChI is InChI=1S/C29H26FN3O5/c1-3-9-21-14-20(16-25(37-2)27(21)38-18-19-10-5-4-6-11-19)15-24-28(35)33(29(36)32-24)17-26(34)31-23-13-8-7-12-22(23)30/h3-8,10-16H,1,9,17-18H2,2H3,(H,31,34)(H,32,36)/b24-15+. The topological polar surface area (TPSA) is 97.0 Å². The lowest BCUT2D eigenvalue weighted by Crippen LogP contribution is -2.38. The highest BCUT2D eigenvalue weighted by Gasteiger charge is 2.35. The zero-order valence-corrected chi connectivity index (χ0v) is 20.7.